The van der Waals surface area contributed by atoms with Gasteiger partial charge in [-0.2, -0.15) is 0 Å². The number of aromatic amines is 1. The lowest BCUT2D eigenvalue weighted by Gasteiger charge is -2.14. The van der Waals surface area contributed by atoms with Crippen LogP contribution in [-0.4, -0.2) is 11.1 Å². The van der Waals surface area contributed by atoms with E-state index in [-0.39, 0.29) is 11.7 Å². The maximum absolute atomic E-state index is 11.5. The summed E-state index contributed by atoms with van der Waals surface area (Å²) in [6, 6.07) is 15.5. The van der Waals surface area contributed by atoms with Gasteiger partial charge in [0.1, 0.15) is 5.75 Å². The molecule has 0 aliphatic rings. The molecule has 0 saturated carbocycles. The Morgan fingerprint density at radius 3 is 2.55 bits per heavy atom. The van der Waals surface area contributed by atoms with Crippen molar-refractivity contribution in [3.63, 3.8) is 0 Å². The van der Waals surface area contributed by atoms with Crippen molar-refractivity contribution in [3.8, 4) is 16.9 Å². The summed E-state index contributed by atoms with van der Waals surface area (Å²) in [5.74, 6) is 0.880. The fourth-order valence-electron chi connectivity index (χ4n) is 2.71. The number of nitrogens with one attached hydrogen (secondary N) is 1. The van der Waals surface area contributed by atoms with Crippen molar-refractivity contribution < 1.29 is 4.74 Å². The van der Waals surface area contributed by atoms with Crippen LogP contribution in [0.2, 0.25) is 0 Å². The van der Waals surface area contributed by atoms with Gasteiger partial charge in [0, 0.05) is 17.0 Å². The van der Waals surface area contributed by atoms with Crippen LogP contribution in [0.3, 0.4) is 0 Å². The van der Waals surface area contributed by atoms with Crippen LogP contribution in [0, 0.1) is 6.92 Å². The largest absolute Gasteiger partial charge is 0.491 e. The molecule has 0 fully saturated rings. The summed E-state index contributed by atoms with van der Waals surface area (Å²) in [5.41, 5.74) is 4.18. The highest BCUT2D eigenvalue weighted by Crippen LogP contribution is 2.31. The predicted octanol–water partition coefficient (Wildman–Crippen LogP) is 4.29. The highest BCUT2D eigenvalue weighted by Gasteiger charge is 2.08. The molecular weight excluding hydrogens is 274 g/mol. The molecule has 3 rings (SSSR count). The number of hydrogen-bond acceptors (Lipinski definition) is 2. The highest BCUT2D eigenvalue weighted by atomic mass is 16.5. The Morgan fingerprint density at radius 1 is 1.00 bits per heavy atom. The minimum Gasteiger partial charge on any atom is -0.491 e. The van der Waals surface area contributed by atoms with E-state index < -0.39 is 0 Å². The SMILES string of the molecule is Cc1cc(OC(C)C)ccc1-c1cccc2[nH]c(=O)ccc12. The lowest BCUT2D eigenvalue weighted by Crippen LogP contribution is -2.05. The van der Waals surface area contributed by atoms with Crippen molar-refractivity contribution in [3.05, 3.63) is 64.4 Å². The number of aryl methyl sites for hydroxylation is 1. The normalized spacial score (nSPS) is 11.1. The Morgan fingerprint density at radius 2 is 1.82 bits per heavy atom. The van der Waals surface area contributed by atoms with E-state index in [2.05, 4.69) is 30.1 Å². The molecule has 1 heterocycles. The summed E-state index contributed by atoms with van der Waals surface area (Å²) in [4.78, 5) is 14.3. The van der Waals surface area contributed by atoms with Gasteiger partial charge in [-0.15, -0.1) is 0 Å². The molecule has 1 N–H and O–H groups in total. The summed E-state index contributed by atoms with van der Waals surface area (Å²) in [5, 5.41) is 1.04. The van der Waals surface area contributed by atoms with E-state index in [1.165, 1.54) is 0 Å². The number of fused-ring (bicyclic) bond motifs is 1. The third-order valence-electron chi connectivity index (χ3n) is 3.63. The van der Waals surface area contributed by atoms with Gasteiger partial charge in [-0.3, -0.25) is 4.79 Å². The van der Waals surface area contributed by atoms with Crippen LogP contribution in [0.4, 0.5) is 0 Å². The molecule has 0 bridgehead atoms. The van der Waals surface area contributed by atoms with E-state index in [0.717, 1.165) is 33.3 Å². The Kier molecular flexibility index (Phi) is 3.72. The van der Waals surface area contributed by atoms with Gasteiger partial charge >= 0.3 is 0 Å². The summed E-state index contributed by atoms with van der Waals surface area (Å²) < 4.78 is 5.74. The zero-order valence-electron chi connectivity index (χ0n) is 13.0. The summed E-state index contributed by atoms with van der Waals surface area (Å²) >= 11 is 0. The fourth-order valence-corrected chi connectivity index (χ4v) is 2.71. The third kappa shape index (κ3) is 2.75. The molecule has 1 aromatic heterocycles. The van der Waals surface area contributed by atoms with E-state index in [0.29, 0.717) is 0 Å². The number of hydrogen-bond donors (Lipinski definition) is 1. The number of ether oxygens (including phenoxy) is 1. The number of H-pyrrole nitrogens is 1. The molecule has 0 atom stereocenters. The van der Waals surface area contributed by atoms with Gasteiger partial charge in [0.05, 0.1) is 6.10 Å². The van der Waals surface area contributed by atoms with E-state index in [9.17, 15) is 4.79 Å². The maximum Gasteiger partial charge on any atom is 0.248 e. The number of aromatic nitrogens is 1. The molecule has 112 valence electrons. The lowest BCUT2D eigenvalue weighted by atomic mass is 9.96. The van der Waals surface area contributed by atoms with Gasteiger partial charge in [-0.05, 0) is 61.7 Å². The van der Waals surface area contributed by atoms with E-state index in [4.69, 9.17) is 4.74 Å². The van der Waals surface area contributed by atoms with Gasteiger partial charge in [0.2, 0.25) is 5.56 Å². The van der Waals surface area contributed by atoms with Crippen molar-refractivity contribution in [2.45, 2.75) is 26.9 Å². The standard InChI is InChI=1S/C19H19NO2/c1-12(2)22-14-7-8-15(13(3)11-14)16-5-4-6-18-17(16)9-10-19(21)20-18/h4-12H,1-3H3,(H,20,21). The Labute approximate surface area is 129 Å². The molecule has 3 nitrogen and oxygen atoms in total. The molecule has 3 heteroatoms. The first-order valence-corrected chi connectivity index (χ1v) is 7.44. The van der Waals surface area contributed by atoms with Crippen LogP contribution >= 0.6 is 0 Å². The quantitative estimate of drug-likeness (QED) is 0.782. The van der Waals surface area contributed by atoms with E-state index >= 15 is 0 Å². The second kappa shape index (κ2) is 5.68. The zero-order valence-corrected chi connectivity index (χ0v) is 13.0. The molecule has 0 unspecified atom stereocenters. The average molecular weight is 293 g/mol. The molecule has 0 aliphatic heterocycles. The predicted molar refractivity (Wildman–Crippen MR) is 90.5 cm³/mol. The first kappa shape index (κ1) is 14.4. The number of benzene rings is 2. The minimum atomic E-state index is -0.0814. The van der Waals surface area contributed by atoms with Crippen LogP contribution in [0.5, 0.6) is 5.75 Å². The first-order valence-electron chi connectivity index (χ1n) is 7.44. The van der Waals surface area contributed by atoms with Crippen molar-refractivity contribution in [1.82, 2.24) is 4.98 Å². The number of pyridine rings is 1. The topological polar surface area (TPSA) is 42.1 Å². The average Bonchev–Trinajstić information content (AvgIpc) is 2.46. The Hall–Kier alpha value is -2.55. The van der Waals surface area contributed by atoms with Gasteiger partial charge in [0.25, 0.3) is 0 Å². The molecule has 0 amide bonds. The molecule has 2 aromatic carbocycles. The molecule has 0 aliphatic carbocycles. The zero-order chi connectivity index (χ0) is 15.7. The highest BCUT2D eigenvalue weighted by molar-refractivity contribution is 5.95. The summed E-state index contributed by atoms with van der Waals surface area (Å²) in [6.07, 6.45) is 0.160. The van der Waals surface area contributed by atoms with Crippen LogP contribution < -0.4 is 10.3 Å². The molecule has 0 radical (unpaired) electrons. The van der Waals surface area contributed by atoms with E-state index in [1.54, 1.807) is 6.07 Å². The minimum absolute atomic E-state index is 0.0814. The monoisotopic (exact) mass is 293 g/mol. The third-order valence-corrected chi connectivity index (χ3v) is 3.63. The number of rotatable bonds is 3. The maximum atomic E-state index is 11.5. The van der Waals surface area contributed by atoms with Gasteiger partial charge in [-0.25, -0.2) is 0 Å². The van der Waals surface area contributed by atoms with Crippen molar-refractivity contribution in [1.29, 1.82) is 0 Å². The molecule has 3 aromatic rings. The van der Waals surface area contributed by atoms with Crippen molar-refractivity contribution >= 4 is 10.9 Å². The second-order valence-corrected chi connectivity index (χ2v) is 5.73. The fraction of sp³-hybridized carbons (Fsp3) is 0.211. The van der Waals surface area contributed by atoms with Gasteiger partial charge in [0.15, 0.2) is 0 Å². The molecular formula is C19H19NO2. The van der Waals surface area contributed by atoms with E-state index in [1.807, 2.05) is 38.1 Å². The van der Waals surface area contributed by atoms with Crippen LogP contribution in [-0.2, 0) is 0 Å². The van der Waals surface area contributed by atoms with Crippen LogP contribution in [0.1, 0.15) is 19.4 Å². The Balaban J connectivity index is 2.13. The molecule has 0 spiro atoms. The van der Waals surface area contributed by atoms with Crippen LogP contribution in [0.25, 0.3) is 22.0 Å². The summed E-state index contributed by atoms with van der Waals surface area (Å²) in [7, 11) is 0. The first-order chi connectivity index (χ1) is 10.5. The van der Waals surface area contributed by atoms with Gasteiger partial charge in [-0.1, -0.05) is 18.2 Å². The lowest BCUT2D eigenvalue weighted by molar-refractivity contribution is 0.242. The van der Waals surface area contributed by atoms with Crippen molar-refractivity contribution in [2.24, 2.45) is 0 Å². The smallest absolute Gasteiger partial charge is 0.248 e. The second-order valence-electron chi connectivity index (χ2n) is 5.73. The van der Waals surface area contributed by atoms with Gasteiger partial charge < -0.3 is 9.72 Å². The summed E-state index contributed by atoms with van der Waals surface area (Å²) in [6.45, 7) is 6.11. The van der Waals surface area contributed by atoms with Crippen molar-refractivity contribution in [2.75, 3.05) is 0 Å². The molecule has 0 saturated heterocycles. The molecule has 22 heavy (non-hydrogen) atoms. The Bertz CT molecular complexity index is 878. The van der Waals surface area contributed by atoms with Crippen LogP contribution in [0.15, 0.2) is 53.3 Å².